The second-order valence-corrected chi connectivity index (χ2v) is 2.92. The van der Waals surface area contributed by atoms with Gasteiger partial charge in [0.25, 0.3) is 0 Å². The molecule has 0 saturated carbocycles. The monoisotopic (exact) mass is 205 g/mol. The van der Waals surface area contributed by atoms with Crippen molar-refractivity contribution in [2.75, 3.05) is 0 Å². The minimum atomic E-state index is 0. The fraction of sp³-hybridized carbons (Fsp3) is 0. The molecular formula is C10H8FeLi3. The van der Waals surface area contributed by atoms with Crippen LogP contribution in [0.15, 0.2) is 48.5 Å². The molecule has 0 amide bonds. The Balaban J connectivity index is 0. The van der Waals surface area contributed by atoms with Crippen LogP contribution in [0.1, 0.15) is 0 Å². The quantitative estimate of drug-likeness (QED) is 0.419. The zero-order valence-electron chi connectivity index (χ0n) is 8.97. The average molecular weight is 205 g/mol. The van der Waals surface area contributed by atoms with Gasteiger partial charge in [0.1, 0.15) is 0 Å². The Kier molecular flexibility index (Phi) is 13.1. The van der Waals surface area contributed by atoms with Gasteiger partial charge in [0.15, 0.2) is 0 Å². The van der Waals surface area contributed by atoms with E-state index < -0.39 is 0 Å². The molecule has 2 aromatic rings. The topological polar surface area (TPSA) is 0 Å². The third-order valence-corrected chi connectivity index (χ3v) is 1.66. The van der Waals surface area contributed by atoms with E-state index in [1.165, 1.54) is 8.47 Å². The van der Waals surface area contributed by atoms with Gasteiger partial charge in [-0.1, -0.05) is 0 Å². The molecule has 0 nitrogen and oxygen atoms in total. The molecule has 0 spiro atoms. The van der Waals surface area contributed by atoms with E-state index in [4.69, 9.17) is 0 Å². The van der Waals surface area contributed by atoms with Crippen molar-refractivity contribution in [1.82, 2.24) is 0 Å². The van der Waals surface area contributed by atoms with Crippen LogP contribution >= 0.6 is 0 Å². The SMILES string of the molecule is [Fe+2].[Li].[Li][c-]1cccc1.[Li][c-]1cccc1. The number of hydrogen-bond donors (Lipinski definition) is 0. The summed E-state index contributed by atoms with van der Waals surface area (Å²) in [6.07, 6.45) is 0. The van der Waals surface area contributed by atoms with E-state index >= 15 is 0 Å². The van der Waals surface area contributed by atoms with Crippen molar-refractivity contribution in [3.05, 3.63) is 48.5 Å². The molecule has 0 aliphatic carbocycles. The summed E-state index contributed by atoms with van der Waals surface area (Å²) in [7, 11) is 0. The molecule has 1 radical (unpaired) electrons. The van der Waals surface area contributed by atoms with E-state index in [2.05, 4.69) is 59.7 Å². The van der Waals surface area contributed by atoms with Gasteiger partial charge in [-0.2, -0.15) is 0 Å². The first kappa shape index (κ1) is 17.4. The van der Waals surface area contributed by atoms with Gasteiger partial charge in [0.05, 0.1) is 0 Å². The van der Waals surface area contributed by atoms with Crippen LogP contribution in [0.25, 0.3) is 0 Å². The Hall–Kier alpha value is 1.01. The van der Waals surface area contributed by atoms with E-state index in [1.807, 2.05) is 24.3 Å². The molecule has 0 aliphatic heterocycles. The standard InChI is InChI=1S/2C5H4.Fe.3Li/c2*1-2-4-5-3-1;;;;/h2*1-4H;;;;/q2*-1;+2;;;. The number of rotatable bonds is 0. The predicted octanol–water partition coefficient (Wildman–Crippen LogP) is 0.0153. The van der Waals surface area contributed by atoms with Crippen molar-refractivity contribution in [2.45, 2.75) is 0 Å². The zero-order chi connectivity index (χ0) is 8.81. The van der Waals surface area contributed by atoms with Crippen molar-refractivity contribution < 1.29 is 17.1 Å². The van der Waals surface area contributed by atoms with Crippen LogP contribution in [0.2, 0.25) is 0 Å². The van der Waals surface area contributed by atoms with Crippen LogP contribution in [0, 0.1) is 0 Å². The summed E-state index contributed by atoms with van der Waals surface area (Å²) in [6.45, 7) is 0. The molecule has 14 heavy (non-hydrogen) atoms. The summed E-state index contributed by atoms with van der Waals surface area (Å²) < 4.78 is 2.69. The summed E-state index contributed by atoms with van der Waals surface area (Å²) in [6, 6.07) is 16.5. The zero-order valence-corrected chi connectivity index (χ0v) is 10.1. The van der Waals surface area contributed by atoms with Gasteiger partial charge in [-0.05, 0) is 0 Å². The molecule has 0 heterocycles. The Morgan fingerprint density at radius 3 is 0.929 bits per heavy atom. The average Bonchev–Trinajstić information content (AvgIpc) is 2.63. The third kappa shape index (κ3) is 8.33. The fourth-order valence-electron chi connectivity index (χ4n) is 0.940. The first-order valence-corrected chi connectivity index (χ1v) is 4.15. The van der Waals surface area contributed by atoms with E-state index in [9.17, 15) is 0 Å². The number of hydrogen-bond acceptors (Lipinski definition) is 0. The van der Waals surface area contributed by atoms with Crippen molar-refractivity contribution in [2.24, 2.45) is 0 Å². The summed E-state index contributed by atoms with van der Waals surface area (Å²) in [5, 5.41) is 0. The fourth-order valence-corrected chi connectivity index (χ4v) is 0.940. The van der Waals surface area contributed by atoms with Crippen LogP contribution in [0.3, 0.4) is 0 Å². The second-order valence-electron chi connectivity index (χ2n) is 2.92. The molecule has 2 rings (SSSR count). The van der Waals surface area contributed by atoms with Crippen LogP contribution in [0.4, 0.5) is 0 Å². The molecule has 0 N–H and O–H groups in total. The summed E-state index contributed by atoms with van der Waals surface area (Å²) in [4.78, 5) is 0. The maximum absolute atomic E-state index is 2.08. The Labute approximate surface area is 127 Å². The Bertz CT molecular complexity index is 255. The molecule has 59 valence electrons. The summed E-state index contributed by atoms with van der Waals surface area (Å²) >= 11 is 4.17. The molecule has 4 heteroatoms. The Morgan fingerprint density at radius 2 is 0.857 bits per heavy atom. The molecule has 2 aromatic carbocycles. The van der Waals surface area contributed by atoms with Gasteiger partial charge in [0, 0.05) is 18.9 Å². The van der Waals surface area contributed by atoms with Gasteiger partial charge in [-0.25, -0.2) is 0 Å². The van der Waals surface area contributed by atoms with E-state index in [0.717, 1.165) is 0 Å². The molecule has 0 bridgehead atoms. The maximum atomic E-state index is 2.08. The minimum absolute atomic E-state index is 0. The van der Waals surface area contributed by atoms with Crippen LogP contribution in [-0.4, -0.2) is 54.3 Å². The van der Waals surface area contributed by atoms with E-state index in [-0.39, 0.29) is 35.9 Å². The second kappa shape index (κ2) is 10.5. The molecule has 0 atom stereocenters. The van der Waals surface area contributed by atoms with Gasteiger partial charge in [-0.3, -0.25) is 0 Å². The van der Waals surface area contributed by atoms with Gasteiger partial charge in [0.2, 0.25) is 0 Å². The first-order valence-electron chi connectivity index (χ1n) is 4.15. The van der Waals surface area contributed by atoms with Gasteiger partial charge >= 0.3 is 110 Å². The van der Waals surface area contributed by atoms with Gasteiger partial charge in [-0.15, -0.1) is 0 Å². The normalized spacial score (nSPS) is 7.71. The molecule has 0 aromatic heterocycles. The van der Waals surface area contributed by atoms with Crippen molar-refractivity contribution in [3.8, 4) is 0 Å². The first-order chi connectivity index (χ1) is 5.79. The molecule has 0 unspecified atom stereocenters. The van der Waals surface area contributed by atoms with Crippen LogP contribution < -0.4 is 8.47 Å². The van der Waals surface area contributed by atoms with Crippen molar-refractivity contribution in [3.63, 3.8) is 0 Å². The predicted molar refractivity (Wildman–Crippen MR) is 60.6 cm³/mol. The summed E-state index contributed by atoms with van der Waals surface area (Å²) in [5.74, 6) is 0. The Morgan fingerprint density at radius 1 is 0.643 bits per heavy atom. The molecule has 0 aliphatic rings. The molecule has 0 saturated heterocycles. The van der Waals surface area contributed by atoms with Crippen LogP contribution in [-0.2, 0) is 17.1 Å². The van der Waals surface area contributed by atoms with Crippen molar-refractivity contribution >= 4 is 62.8 Å². The van der Waals surface area contributed by atoms with Gasteiger partial charge < -0.3 is 0 Å². The van der Waals surface area contributed by atoms with Crippen molar-refractivity contribution in [1.29, 1.82) is 0 Å². The van der Waals surface area contributed by atoms with E-state index in [1.54, 1.807) is 0 Å². The summed E-state index contributed by atoms with van der Waals surface area (Å²) in [5.41, 5.74) is 0. The molecule has 0 fully saturated rings. The van der Waals surface area contributed by atoms with Crippen LogP contribution in [0.5, 0.6) is 0 Å². The molecular weight excluding hydrogens is 197 g/mol. The third-order valence-electron chi connectivity index (χ3n) is 1.66. The van der Waals surface area contributed by atoms with E-state index in [0.29, 0.717) is 0 Å².